The molecule has 4 nitrogen and oxygen atoms in total. The number of nitrogens with two attached hydrogens (primary N) is 1. The van der Waals surface area contributed by atoms with E-state index >= 15 is 0 Å². The van der Waals surface area contributed by atoms with Crippen molar-refractivity contribution in [3.05, 3.63) is 29.8 Å². The van der Waals surface area contributed by atoms with Crippen molar-refractivity contribution in [3.63, 3.8) is 0 Å². The van der Waals surface area contributed by atoms with Gasteiger partial charge in [0.15, 0.2) is 0 Å². The van der Waals surface area contributed by atoms with Gasteiger partial charge in [-0.15, -0.1) is 12.4 Å². The van der Waals surface area contributed by atoms with Gasteiger partial charge in [0.25, 0.3) is 0 Å². The van der Waals surface area contributed by atoms with Crippen LogP contribution in [0.5, 0.6) is 5.75 Å². The van der Waals surface area contributed by atoms with Gasteiger partial charge in [0.1, 0.15) is 5.75 Å². The zero-order valence-corrected chi connectivity index (χ0v) is 14.6. The third-order valence-corrected chi connectivity index (χ3v) is 5.26. The molecule has 1 saturated carbocycles. The Balaban J connectivity index is 0.00000192. The van der Waals surface area contributed by atoms with Crippen LogP contribution in [0, 0.1) is 5.92 Å². The standard InChI is InChI=1S/C18H26N2O2.ClH/c1-22-16-4-2-3-15(13-16)18(8-9-18)17(21)20-11-6-14(5-10-19)7-12-20;/h2-4,13-14H,5-12,19H2,1H3;1H. The molecule has 3 rings (SSSR count). The van der Waals surface area contributed by atoms with Gasteiger partial charge in [0.2, 0.25) is 5.91 Å². The monoisotopic (exact) mass is 338 g/mol. The minimum Gasteiger partial charge on any atom is -0.497 e. The van der Waals surface area contributed by atoms with Crippen molar-refractivity contribution in [1.29, 1.82) is 0 Å². The fourth-order valence-corrected chi connectivity index (χ4v) is 3.63. The number of carbonyl (C=O) groups excluding carboxylic acids is 1. The molecule has 5 heteroatoms. The van der Waals surface area contributed by atoms with E-state index < -0.39 is 0 Å². The first-order valence-electron chi connectivity index (χ1n) is 8.33. The van der Waals surface area contributed by atoms with Crippen LogP contribution in [0.25, 0.3) is 0 Å². The summed E-state index contributed by atoms with van der Waals surface area (Å²) in [5.41, 5.74) is 6.47. The zero-order valence-electron chi connectivity index (χ0n) is 13.8. The van der Waals surface area contributed by atoms with Gasteiger partial charge in [-0.25, -0.2) is 0 Å². The minimum absolute atomic E-state index is 0. The van der Waals surface area contributed by atoms with Crippen LogP contribution >= 0.6 is 12.4 Å². The minimum atomic E-state index is -0.282. The number of halogens is 1. The highest BCUT2D eigenvalue weighted by atomic mass is 35.5. The van der Waals surface area contributed by atoms with Gasteiger partial charge in [-0.2, -0.15) is 0 Å². The Labute approximate surface area is 144 Å². The maximum absolute atomic E-state index is 13.0. The average molecular weight is 339 g/mol. The van der Waals surface area contributed by atoms with E-state index in [2.05, 4.69) is 11.0 Å². The zero-order chi connectivity index (χ0) is 15.6. The van der Waals surface area contributed by atoms with Gasteiger partial charge in [0, 0.05) is 13.1 Å². The molecule has 23 heavy (non-hydrogen) atoms. The third-order valence-electron chi connectivity index (χ3n) is 5.26. The largest absolute Gasteiger partial charge is 0.497 e. The lowest BCUT2D eigenvalue weighted by Gasteiger charge is -2.34. The Bertz CT molecular complexity index is 538. The highest BCUT2D eigenvalue weighted by molar-refractivity contribution is 5.91. The van der Waals surface area contributed by atoms with Crippen LogP contribution in [0.2, 0.25) is 0 Å². The number of hydrogen-bond donors (Lipinski definition) is 1. The molecule has 0 bridgehead atoms. The predicted octanol–water partition coefficient (Wildman–Crippen LogP) is 2.74. The van der Waals surface area contributed by atoms with Gasteiger partial charge >= 0.3 is 0 Å². The lowest BCUT2D eigenvalue weighted by atomic mass is 9.90. The van der Waals surface area contributed by atoms with Crippen LogP contribution < -0.4 is 10.5 Å². The van der Waals surface area contributed by atoms with Crippen molar-refractivity contribution in [3.8, 4) is 5.75 Å². The molecular formula is C18H27ClN2O2. The number of benzene rings is 1. The lowest BCUT2D eigenvalue weighted by Crippen LogP contribution is -2.44. The number of amides is 1. The summed E-state index contributed by atoms with van der Waals surface area (Å²) in [7, 11) is 1.67. The van der Waals surface area contributed by atoms with Crippen molar-refractivity contribution in [1.82, 2.24) is 4.90 Å². The van der Waals surface area contributed by atoms with Gasteiger partial charge in [-0.05, 0) is 62.3 Å². The highest BCUT2D eigenvalue weighted by Crippen LogP contribution is 2.50. The van der Waals surface area contributed by atoms with Gasteiger partial charge in [-0.3, -0.25) is 4.79 Å². The first-order chi connectivity index (χ1) is 10.7. The van der Waals surface area contributed by atoms with Gasteiger partial charge in [0.05, 0.1) is 12.5 Å². The van der Waals surface area contributed by atoms with Crippen LogP contribution in [-0.4, -0.2) is 37.6 Å². The molecule has 1 saturated heterocycles. The number of hydrogen-bond acceptors (Lipinski definition) is 3. The van der Waals surface area contributed by atoms with Crippen molar-refractivity contribution in [2.75, 3.05) is 26.7 Å². The molecule has 2 aliphatic rings. The second kappa shape index (κ2) is 7.54. The fourth-order valence-electron chi connectivity index (χ4n) is 3.63. The maximum atomic E-state index is 13.0. The number of methoxy groups -OCH3 is 1. The second-order valence-corrected chi connectivity index (χ2v) is 6.63. The summed E-state index contributed by atoms with van der Waals surface area (Å²) in [6.45, 7) is 2.52. The van der Waals surface area contributed by atoms with E-state index in [9.17, 15) is 4.79 Å². The summed E-state index contributed by atoms with van der Waals surface area (Å²) in [4.78, 5) is 15.1. The number of carbonyl (C=O) groups is 1. The van der Waals surface area contributed by atoms with E-state index in [1.54, 1.807) is 7.11 Å². The van der Waals surface area contributed by atoms with Crippen molar-refractivity contribution >= 4 is 18.3 Å². The second-order valence-electron chi connectivity index (χ2n) is 6.63. The fraction of sp³-hybridized carbons (Fsp3) is 0.611. The molecule has 1 aromatic rings. The van der Waals surface area contributed by atoms with Crippen LogP contribution in [0.15, 0.2) is 24.3 Å². The molecule has 0 unspecified atom stereocenters. The van der Waals surface area contributed by atoms with Crippen molar-refractivity contribution in [2.45, 2.75) is 37.5 Å². The normalized spacial score (nSPS) is 19.8. The molecule has 1 aliphatic carbocycles. The molecule has 0 aromatic heterocycles. The summed E-state index contributed by atoms with van der Waals surface area (Å²) in [5.74, 6) is 1.84. The Morgan fingerprint density at radius 1 is 1.35 bits per heavy atom. The Morgan fingerprint density at radius 2 is 2.04 bits per heavy atom. The smallest absolute Gasteiger partial charge is 0.233 e. The molecular weight excluding hydrogens is 312 g/mol. The number of rotatable bonds is 5. The highest BCUT2D eigenvalue weighted by Gasteiger charge is 2.53. The number of ether oxygens (including phenoxy) is 1. The topological polar surface area (TPSA) is 55.6 Å². The number of nitrogens with zero attached hydrogens (tertiary/aromatic N) is 1. The number of piperidine rings is 1. The SMILES string of the molecule is COc1cccc(C2(C(=O)N3CCC(CCN)CC3)CC2)c1.Cl. The van der Waals surface area contributed by atoms with Crippen LogP contribution in [0.4, 0.5) is 0 Å². The Morgan fingerprint density at radius 3 is 2.61 bits per heavy atom. The van der Waals surface area contributed by atoms with E-state index in [4.69, 9.17) is 10.5 Å². The Hall–Kier alpha value is -1.26. The third kappa shape index (κ3) is 3.64. The summed E-state index contributed by atoms with van der Waals surface area (Å²) >= 11 is 0. The molecule has 0 atom stereocenters. The van der Waals surface area contributed by atoms with Crippen LogP contribution in [0.3, 0.4) is 0 Å². The molecule has 1 amide bonds. The molecule has 1 aromatic carbocycles. The first kappa shape index (κ1) is 18.1. The molecule has 128 valence electrons. The molecule has 0 radical (unpaired) electrons. The number of likely N-dealkylation sites (tertiary alicyclic amines) is 1. The first-order valence-corrected chi connectivity index (χ1v) is 8.33. The Kier molecular flexibility index (Phi) is 5.93. The summed E-state index contributed by atoms with van der Waals surface area (Å²) in [6.07, 6.45) is 5.20. The van der Waals surface area contributed by atoms with E-state index in [0.29, 0.717) is 11.8 Å². The summed E-state index contributed by atoms with van der Waals surface area (Å²) in [6, 6.07) is 8.00. The quantitative estimate of drug-likeness (QED) is 0.898. The molecule has 1 heterocycles. The van der Waals surface area contributed by atoms with E-state index in [1.165, 1.54) is 0 Å². The average Bonchev–Trinajstić information content (AvgIpc) is 3.37. The van der Waals surface area contributed by atoms with E-state index in [0.717, 1.165) is 63.1 Å². The molecule has 2 fully saturated rings. The summed E-state index contributed by atoms with van der Waals surface area (Å²) in [5, 5.41) is 0. The van der Waals surface area contributed by atoms with E-state index in [-0.39, 0.29) is 17.8 Å². The summed E-state index contributed by atoms with van der Waals surface area (Å²) < 4.78 is 5.31. The van der Waals surface area contributed by atoms with Crippen molar-refractivity contribution < 1.29 is 9.53 Å². The van der Waals surface area contributed by atoms with Crippen LogP contribution in [-0.2, 0) is 10.2 Å². The van der Waals surface area contributed by atoms with Gasteiger partial charge < -0.3 is 15.4 Å². The lowest BCUT2D eigenvalue weighted by molar-refractivity contribution is -0.135. The van der Waals surface area contributed by atoms with Crippen LogP contribution in [0.1, 0.15) is 37.7 Å². The molecule has 0 spiro atoms. The molecule has 2 N–H and O–H groups in total. The predicted molar refractivity (Wildman–Crippen MR) is 94.1 cm³/mol. The van der Waals surface area contributed by atoms with Gasteiger partial charge in [-0.1, -0.05) is 12.1 Å². The van der Waals surface area contributed by atoms with Crippen molar-refractivity contribution in [2.24, 2.45) is 11.7 Å². The molecule has 1 aliphatic heterocycles. The van der Waals surface area contributed by atoms with E-state index in [1.807, 2.05) is 18.2 Å². The maximum Gasteiger partial charge on any atom is 0.233 e.